The molecule has 7 heteroatoms. The fourth-order valence-electron chi connectivity index (χ4n) is 1.04. The quantitative estimate of drug-likeness (QED) is 0.811. The van der Waals surface area contributed by atoms with Gasteiger partial charge in [0.15, 0.2) is 17.3 Å². The smallest absolute Gasteiger partial charge is 0.357 e. The van der Waals surface area contributed by atoms with Crippen molar-refractivity contribution in [3.63, 3.8) is 0 Å². The van der Waals surface area contributed by atoms with E-state index >= 15 is 0 Å². The standard InChI is InChI=1S/C9H9F3N2O2/c1-2-16-9(15)5-3-4(7(11)12)6(10)8(13)14-5/h3,7H,2H2,1H3,(H2,13,14). The Labute approximate surface area is 89.2 Å². The third-order valence-corrected chi connectivity index (χ3v) is 1.73. The van der Waals surface area contributed by atoms with Crippen molar-refractivity contribution in [2.75, 3.05) is 12.3 Å². The van der Waals surface area contributed by atoms with Crippen LogP contribution in [-0.4, -0.2) is 17.6 Å². The van der Waals surface area contributed by atoms with Crippen molar-refractivity contribution in [3.8, 4) is 0 Å². The van der Waals surface area contributed by atoms with Crippen LogP contribution >= 0.6 is 0 Å². The zero-order valence-electron chi connectivity index (χ0n) is 8.34. The van der Waals surface area contributed by atoms with Crippen molar-refractivity contribution in [2.45, 2.75) is 13.3 Å². The lowest BCUT2D eigenvalue weighted by Gasteiger charge is -2.07. The van der Waals surface area contributed by atoms with Crippen molar-refractivity contribution >= 4 is 11.8 Å². The number of hydrogen-bond donors (Lipinski definition) is 1. The third kappa shape index (κ3) is 2.41. The molecule has 1 aromatic heterocycles. The highest BCUT2D eigenvalue weighted by Crippen LogP contribution is 2.25. The molecule has 88 valence electrons. The van der Waals surface area contributed by atoms with Crippen molar-refractivity contribution in [1.29, 1.82) is 0 Å². The predicted octanol–water partition coefficient (Wildman–Crippen LogP) is 1.92. The van der Waals surface area contributed by atoms with Gasteiger partial charge in [0.25, 0.3) is 6.43 Å². The first-order chi connectivity index (χ1) is 7.47. The average molecular weight is 234 g/mol. The molecule has 4 nitrogen and oxygen atoms in total. The summed E-state index contributed by atoms with van der Waals surface area (Å²) in [4.78, 5) is 14.5. The summed E-state index contributed by atoms with van der Waals surface area (Å²) in [6, 6.07) is 0.633. The van der Waals surface area contributed by atoms with Gasteiger partial charge in [0.1, 0.15) is 0 Å². The number of anilines is 1. The number of alkyl halides is 2. The van der Waals surface area contributed by atoms with E-state index in [4.69, 9.17) is 5.73 Å². The maximum atomic E-state index is 13.1. The second-order valence-electron chi connectivity index (χ2n) is 2.82. The van der Waals surface area contributed by atoms with Crippen molar-refractivity contribution < 1.29 is 22.7 Å². The fraction of sp³-hybridized carbons (Fsp3) is 0.333. The number of pyridine rings is 1. The van der Waals surface area contributed by atoms with Gasteiger partial charge in [-0.15, -0.1) is 0 Å². The van der Waals surface area contributed by atoms with E-state index in [0.29, 0.717) is 6.07 Å². The summed E-state index contributed by atoms with van der Waals surface area (Å²) in [5.74, 6) is -2.99. The largest absolute Gasteiger partial charge is 0.461 e. The van der Waals surface area contributed by atoms with Crippen LogP contribution in [0.3, 0.4) is 0 Å². The Morgan fingerprint density at radius 2 is 2.25 bits per heavy atom. The van der Waals surface area contributed by atoms with Gasteiger partial charge in [-0.3, -0.25) is 0 Å². The van der Waals surface area contributed by atoms with E-state index in [1.54, 1.807) is 6.92 Å². The van der Waals surface area contributed by atoms with E-state index in [0.717, 1.165) is 0 Å². The monoisotopic (exact) mass is 234 g/mol. The van der Waals surface area contributed by atoms with E-state index in [1.165, 1.54) is 0 Å². The minimum absolute atomic E-state index is 0.0573. The first-order valence-electron chi connectivity index (χ1n) is 4.38. The maximum Gasteiger partial charge on any atom is 0.357 e. The van der Waals surface area contributed by atoms with Crippen LogP contribution in [0.4, 0.5) is 19.0 Å². The molecule has 0 radical (unpaired) electrons. The Kier molecular flexibility index (Phi) is 3.70. The highest BCUT2D eigenvalue weighted by atomic mass is 19.3. The molecular weight excluding hydrogens is 225 g/mol. The summed E-state index contributed by atoms with van der Waals surface area (Å²) in [5, 5.41) is 0. The molecule has 2 N–H and O–H groups in total. The molecular formula is C9H9F3N2O2. The molecule has 0 spiro atoms. The van der Waals surface area contributed by atoms with Gasteiger partial charge in [0.05, 0.1) is 12.2 Å². The van der Waals surface area contributed by atoms with Gasteiger partial charge in [-0.05, 0) is 13.0 Å². The average Bonchev–Trinajstić information content (AvgIpc) is 2.21. The third-order valence-electron chi connectivity index (χ3n) is 1.73. The molecule has 16 heavy (non-hydrogen) atoms. The number of hydrogen-bond acceptors (Lipinski definition) is 4. The number of rotatable bonds is 3. The first kappa shape index (κ1) is 12.3. The second kappa shape index (κ2) is 4.82. The highest BCUT2D eigenvalue weighted by Gasteiger charge is 2.21. The van der Waals surface area contributed by atoms with Crippen molar-refractivity contribution in [2.24, 2.45) is 0 Å². The van der Waals surface area contributed by atoms with Crippen molar-refractivity contribution in [1.82, 2.24) is 4.98 Å². The summed E-state index contributed by atoms with van der Waals surface area (Å²) >= 11 is 0. The van der Waals surface area contributed by atoms with Gasteiger partial charge in [0.2, 0.25) is 0 Å². The minimum atomic E-state index is -3.07. The number of halogens is 3. The van der Waals surface area contributed by atoms with Crippen LogP contribution in [0.2, 0.25) is 0 Å². The van der Waals surface area contributed by atoms with Crippen LogP contribution in [0, 0.1) is 5.82 Å². The number of nitrogens with zero attached hydrogens (tertiary/aromatic N) is 1. The lowest BCUT2D eigenvalue weighted by Crippen LogP contribution is -2.11. The van der Waals surface area contributed by atoms with E-state index in [2.05, 4.69) is 9.72 Å². The molecule has 0 amide bonds. The number of ether oxygens (including phenoxy) is 1. The van der Waals surface area contributed by atoms with Gasteiger partial charge in [-0.1, -0.05) is 0 Å². The highest BCUT2D eigenvalue weighted by molar-refractivity contribution is 5.88. The molecule has 0 aromatic carbocycles. The number of esters is 1. The van der Waals surface area contributed by atoms with Crippen LogP contribution in [0.15, 0.2) is 6.07 Å². The van der Waals surface area contributed by atoms with Crippen LogP contribution in [0.25, 0.3) is 0 Å². The zero-order valence-corrected chi connectivity index (χ0v) is 8.34. The molecule has 0 fully saturated rings. The SMILES string of the molecule is CCOC(=O)c1cc(C(F)F)c(F)c(N)n1. The van der Waals surface area contributed by atoms with E-state index < -0.39 is 35.3 Å². The van der Waals surface area contributed by atoms with Gasteiger partial charge in [0, 0.05) is 0 Å². The Morgan fingerprint density at radius 1 is 1.62 bits per heavy atom. The lowest BCUT2D eigenvalue weighted by molar-refractivity contribution is 0.0519. The summed E-state index contributed by atoms with van der Waals surface area (Å²) in [6.07, 6.45) is -3.07. The molecule has 1 rings (SSSR count). The Morgan fingerprint density at radius 3 is 2.75 bits per heavy atom. The van der Waals surface area contributed by atoms with Gasteiger partial charge in [-0.2, -0.15) is 0 Å². The molecule has 0 saturated heterocycles. The Balaban J connectivity index is 3.18. The number of carbonyl (C=O) groups is 1. The van der Waals surface area contributed by atoms with Crippen LogP contribution in [0.5, 0.6) is 0 Å². The molecule has 1 heterocycles. The van der Waals surface area contributed by atoms with Gasteiger partial charge < -0.3 is 10.5 Å². The normalized spacial score (nSPS) is 10.6. The van der Waals surface area contributed by atoms with Gasteiger partial charge in [-0.25, -0.2) is 22.9 Å². The number of carbonyl (C=O) groups excluding carboxylic acids is 1. The van der Waals surface area contributed by atoms with E-state index in [9.17, 15) is 18.0 Å². The van der Waals surface area contributed by atoms with Gasteiger partial charge >= 0.3 is 5.97 Å². The Bertz CT molecular complexity index is 410. The second-order valence-corrected chi connectivity index (χ2v) is 2.82. The van der Waals surface area contributed by atoms with Crippen LogP contribution in [-0.2, 0) is 4.74 Å². The minimum Gasteiger partial charge on any atom is -0.461 e. The Hall–Kier alpha value is -1.79. The molecule has 0 bridgehead atoms. The van der Waals surface area contributed by atoms with Crippen molar-refractivity contribution in [3.05, 3.63) is 23.1 Å². The number of aromatic nitrogens is 1. The van der Waals surface area contributed by atoms with Crippen LogP contribution in [0.1, 0.15) is 29.4 Å². The number of nitrogens with two attached hydrogens (primary N) is 1. The molecule has 0 atom stereocenters. The molecule has 1 aromatic rings. The molecule has 0 saturated carbocycles. The molecule has 0 aliphatic heterocycles. The summed E-state index contributed by atoms with van der Waals surface area (Å²) in [5.41, 5.74) is 3.67. The van der Waals surface area contributed by atoms with E-state index in [1.807, 2.05) is 0 Å². The van der Waals surface area contributed by atoms with Crippen LogP contribution < -0.4 is 5.73 Å². The number of nitrogen functional groups attached to an aromatic ring is 1. The molecule has 0 unspecified atom stereocenters. The summed E-state index contributed by atoms with van der Waals surface area (Å²) < 4.78 is 42.3. The van der Waals surface area contributed by atoms with E-state index in [-0.39, 0.29) is 6.61 Å². The lowest BCUT2D eigenvalue weighted by atomic mass is 10.2. The molecule has 0 aliphatic carbocycles. The predicted molar refractivity (Wildman–Crippen MR) is 49.5 cm³/mol. The fourth-order valence-corrected chi connectivity index (χ4v) is 1.04. The topological polar surface area (TPSA) is 65.2 Å². The zero-order chi connectivity index (χ0) is 12.3. The molecule has 0 aliphatic rings. The first-order valence-corrected chi connectivity index (χ1v) is 4.38. The summed E-state index contributed by atoms with van der Waals surface area (Å²) in [6.45, 7) is 1.60. The maximum absolute atomic E-state index is 13.1. The summed E-state index contributed by atoms with van der Waals surface area (Å²) in [7, 11) is 0.